The Hall–Kier alpha value is -1.16. The lowest BCUT2D eigenvalue weighted by molar-refractivity contribution is -0.130. The van der Waals surface area contributed by atoms with Gasteiger partial charge in [-0.3, -0.25) is 9.59 Å². The lowest BCUT2D eigenvalue weighted by atomic mass is 10.1. The number of carbonyl (C=O) groups excluding carboxylic acids is 2. The standard InChI is InChI=1S/C15H23NO2S/c1-10(2)9-16(5)15(18)7-6-14(17)13-8-11(3)19-12(13)4/h8,10H,6-7,9H2,1-5H3. The van der Waals surface area contributed by atoms with Crippen molar-refractivity contribution in [3.8, 4) is 0 Å². The van der Waals surface area contributed by atoms with Crippen LogP contribution in [0.15, 0.2) is 6.07 Å². The molecule has 3 nitrogen and oxygen atoms in total. The van der Waals surface area contributed by atoms with Crippen molar-refractivity contribution in [1.29, 1.82) is 0 Å². The summed E-state index contributed by atoms with van der Waals surface area (Å²) in [6.45, 7) is 8.84. The predicted octanol–water partition coefficient (Wildman–Crippen LogP) is 3.44. The molecule has 0 N–H and O–H groups in total. The van der Waals surface area contributed by atoms with Crippen LogP contribution in [0.2, 0.25) is 0 Å². The first-order chi connectivity index (χ1) is 8.81. The van der Waals surface area contributed by atoms with Gasteiger partial charge in [0.2, 0.25) is 5.91 Å². The second-order valence-corrected chi connectivity index (χ2v) is 6.88. The summed E-state index contributed by atoms with van der Waals surface area (Å²) in [7, 11) is 1.80. The molecule has 4 heteroatoms. The fraction of sp³-hybridized carbons (Fsp3) is 0.600. The second-order valence-electron chi connectivity index (χ2n) is 5.42. The topological polar surface area (TPSA) is 37.4 Å². The van der Waals surface area contributed by atoms with Gasteiger partial charge in [0.1, 0.15) is 0 Å². The normalized spacial score (nSPS) is 10.8. The number of carbonyl (C=O) groups is 2. The SMILES string of the molecule is Cc1cc(C(=O)CCC(=O)N(C)CC(C)C)c(C)s1. The molecule has 0 atom stereocenters. The monoisotopic (exact) mass is 281 g/mol. The molecular formula is C15H23NO2S. The Balaban J connectivity index is 2.51. The predicted molar refractivity (Wildman–Crippen MR) is 79.8 cm³/mol. The van der Waals surface area contributed by atoms with Crippen molar-refractivity contribution >= 4 is 23.0 Å². The zero-order valence-electron chi connectivity index (χ0n) is 12.4. The number of hydrogen-bond acceptors (Lipinski definition) is 3. The molecule has 0 aromatic carbocycles. The van der Waals surface area contributed by atoms with Gasteiger partial charge in [0.15, 0.2) is 5.78 Å². The highest BCUT2D eigenvalue weighted by atomic mass is 32.1. The second kappa shape index (κ2) is 6.85. The van der Waals surface area contributed by atoms with Crippen LogP contribution in [0.25, 0.3) is 0 Å². The molecule has 1 rings (SSSR count). The number of nitrogens with zero attached hydrogens (tertiary/aromatic N) is 1. The van der Waals surface area contributed by atoms with E-state index in [1.165, 1.54) is 0 Å². The van der Waals surface area contributed by atoms with Crippen molar-refractivity contribution in [3.05, 3.63) is 21.4 Å². The zero-order valence-corrected chi connectivity index (χ0v) is 13.3. The summed E-state index contributed by atoms with van der Waals surface area (Å²) in [6.07, 6.45) is 0.606. The number of Topliss-reactive ketones (excluding diaryl/α,β-unsaturated/α-hetero) is 1. The lowest BCUT2D eigenvalue weighted by Crippen LogP contribution is -2.30. The molecule has 0 saturated heterocycles. The minimum absolute atomic E-state index is 0.0478. The summed E-state index contributed by atoms with van der Waals surface area (Å²) >= 11 is 1.63. The molecule has 0 fully saturated rings. The fourth-order valence-electron chi connectivity index (χ4n) is 2.10. The summed E-state index contributed by atoms with van der Waals surface area (Å²) < 4.78 is 0. The molecule has 0 aliphatic heterocycles. The van der Waals surface area contributed by atoms with Crippen LogP contribution in [0, 0.1) is 19.8 Å². The molecule has 106 valence electrons. The minimum Gasteiger partial charge on any atom is -0.345 e. The van der Waals surface area contributed by atoms with E-state index in [1.807, 2.05) is 19.9 Å². The Kier molecular flexibility index (Phi) is 5.73. The highest BCUT2D eigenvalue weighted by molar-refractivity contribution is 7.12. The first-order valence-corrected chi connectivity index (χ1v) is 7.47. The first kappa shape index (κ1) is 15.9. The van der Waals surface area contributed by atoms with Crippen LogP contribution >= 0.6 is 11.3 Å². The van der Waals surface area contributed by atoms with Gasteiger partial charge in [0, 0.05) is 41.8 Å². The first-order valence-electron chi connectivity index (χ1n) is 6.65. The van der Waals surface area contributed by atoms with Crippen molar-refractivity contribution in [3.63, 3.8) is 0 Å². The van der Waals surface area contributed by atoms with Crippen LogP contribution in [0.5, 0.6) is 0 Å². The average Bonchev–Trinajstić information content (AvgIpc) is 2.64. The van der Waals surface area contributed by atoms with Crippen LogP contribution < -0.4 is 0 Å². The largest absolute Gasteiger partial charge is 0.345 e. The van der Waals surface area contributed by atoms with Gasteiger partial charge >= 0.3 is 0 Å². The average molecular weight is 281 g/mol. The van der Waals surface area contributed by atoms with Crippen LogP contribution in [-0.4, -0.2) is 30.2 Å². The van der Waals surface area contributed by atoms with Gasteiger partial charge < -0.3 is 4.90 Å². The molecule has 19 heavy (non-hydrogen) atoms. The Morgan fingerprint density at radius 3 is 2.37 bits per heavy atom. The molecule has 0 saturated carbocycles. The van der Waals surface area contributed by atoms with E-state index in [0.717, 1.165) is 21.9 Å². The van der Waals surface area contributed by atoms with Crippen molar-refractivity contribution in [2.24, 2.45) is 5.92 Å². The zero-order chi connectivity index (χ0) is 14.6. The smallest absolute Gasteiger partial charge is 0.222 e. The Morgan fingerprint density at radius 2 is 1.89 bits per heavy atom. The Bertz CT molecular complexity index is 463. The maximum Gasteiger partial charge on any atom is 0.222 e. The molecule has 0 aliphatic rings. The molecule has 0 spiro atoms. The van der Waals surface area contributed by atoms with Gasteiger partial charge in [0.05, 0.1) is 0 Å². The van der Waals surface area contributed by atoms with E-state index in [9.17, 15) is 9.59 Å². The summed E-state index contributed by atoms with van der Waals surface area (Å²) in [6, 6.07) is 1.92. The van der Waals surface area contributed by atoms with Crippen molar-refractivity contribution in [1.82, 2.24) is 4.90 Å². The van der Waals surface area contributed by atoms with Crippen molar-refractivity contribution in [2.45, 2.75) is 40.5 Å². The van der Waals surface area contributed by atoms with Crippen molar-refractivity contribution in [2.75, 3.05) is 13.6 Å². The van der Waals surface area contributed by atoms with E-state index in [-0.39, 0.29) is 11.7 Å². The third kappa shape index (κ3) is 4.78. The van der Waals surface area contributed by atoms with Crippen LogP contribution in [0.1, 0.15) is 46.8 Å². The van der Waals surface area contributed by atoms with E-state index in [2.05, 4.69) is 13.8 Å². The van der Waals surface area contributed by atoms with E-state index < -0.39 is 0 Å². The van der Waals surface area contributed by atoms with Crippen LogP contribution in [-0.2, 0) is 4.79 Å². The van der Waals surface area contributed by atoms with Crippen LogP contribution in [0.4, 0.5) is 0 Å². The van der Waals surface area contributed by atoms with Crippen LogP contribution in [0.3, 0.4) is 0 Å². The van der Waals surface area contributed by atoms with E-state index in [4.69, 9.17) is 0 Å². The Labute approximate surface area is 119 Å². The van der Waals surface area contributed by atoms with Crippen molar-refractivity contribution < 1.29 is 9.59 Å². The molecule has 1 heterocycles. The highest BCUT2D eigenvalue weighted by Crippen LogP contribution is 2.22. The third-order valence-corrected chi connectivity index (χ3v) is 3.94. The highest BCUT2D eigenvalue weighted by Gasteiger charge is 2.16. The number of hydrogen-bond donors (Lipinski definition) is 0. The third-order valence-electron chi connectivity index (χ3n) is 2.97. The number of aryl methyl sites for hydroxylation is 2. The number of thiophene rings is 1. The molecular weight excluding hydrogens is 258 g/mol. The molecule has 1 aromatic rings. The summed E-state index contributed by atoms with van der Waals surface area (Å²) in [5.74, 6) is 0.575. The number of ketones is 1. The van der Waals surface area contributed by atoms with E-state index in [1.54, 1.807) is 23.3 Å². The van der Waals surface area contributed by atoms with Gasteiger partial charge in [-0.1, -0.05) is 13.8 Å². The molecule has 1 aromatic heterocycles. The number of rotatable bonds is 6. The summed E-state index contributed by atoms with van der Waals surface area (Å²) in [4.78, 5) is 27.8. The van der Waals surface area contributed by atoms with E-state index in [0.29, 0.717) is 18.8 Å². The summed E-state index contributed by atoms with van der Waals surface area (Å²) in [5.41, 5.74) is 0.779. The molecule has 0 unspecified atom stereocenters. The van der Waals surface area contributed by atoms with Gasteiger partial charge in [-0.25, -0.2) is 0 Å². The van der Waals surface area contributed by atoms with Gasteiger partial charge in [0.25, 0.3) is 0 Å². The van der Waals surface area contributed by atoms with Gasteiger partial charge in [-0.15, -0.1) is 11.3 Å². The van der Waals surface area contributed by atoms with Gasteiger partial charge in [-0.2, -0.15) is 0 Å². The molecule has 0 bridgehead atoms. The maximum atomic E-state index is 12.1. The minimum atomic E-state index is 0.0478. The lowest BCUT2D eigenvalue weighted by Gasteiger charge is -2.19. The molecule has 0 radical (unpaired) electrons. The maximum absolute atomic E-state index is 12.1. The molecule has 0 aliphatic carbocycles. The fourth-order valence-corrected chi connectivity index (χ4v) is 3.05. The quantitative estimate of drug-likeness (QED) is 0.749. The van der Waals surface area contributed by atoms with Gasteiger partial charge in [-0.05, 0) is 25.8 Å². The molecule has 1 amide bonds. The number of amides is 1. The Morgan fingerprint density at radius 1 is 1.26 bits per heavy atom. The van der Waals surface area contributed by atoms with E-state index >= 15 is 0 Å². The summed E-state index contributed by atoms with van der Waals surface area (Å²) in [5, 5.41) is 0.